The lowest BCUT2D eigenvalue weighted by molar-refractivity contribution is 0.0752. The summed E-state index contributed by atoms with van der Waals surface area (Å²) in [6.45, 7) is 2.16. The fourth-order valence-corrected chi connectivity index (χ4v) is 3.96. The van der Waals surface area contributed by atoms with Gasteiger partial charge in [0.15, 0.2) is 0 Å². The summed E-state index contributed by atoms with van der Waals surface area (Å²) >= 11 is 1.11. The number of para-hydroxylation sites is 1. The number of carbonyl (C=O) groups excluding carboxylic acids is 1. The molecule has 1 aromatic carbocycles. The number of amides is 1. The van der Waals surface area contributed by atoms with Gasteiger partial charge in [0.1, 0.15) is 16.4 Å². The van der Waals surface area contributed by atoms with E-state index in [9.17, 15) is 9.18 Å². The molecule has 3 aromatic rings. The molecule has 1 fully saturated rings. The van der Waals surface area contributed by atoms with E-state index in [1.54, 1.807) is 29.4 Å². The SMILES string of the molecule is Nc1c(-c2ccncc2)nsc1C(=O)N1CCN(c2ccccc2F)CC1. The van der Waals surface area contributed by atoms with Crippen LogP contribution in [-0.4, -0.2) is 46.3 Å². The maximum absolute atomic E-state index is 14.0. The van der Waals surface area contributed by atoms with Crippen LogP contribution < -0.4 is 10.6 Å². The first-order chi connectivity index (χ1) is 13.1. The first-order valence-corrected chi connectivity index (χ1v) is 9.37. The third kappa shape index (κ3) is 3.35. The fourth-order valence-electron chi connectivity index (χ4n) is 3.17. The van der Waals surface area contributed by atoms with E-state index in [2.05, 4.69) is 9.36 Å². The van der Waals surface area contributed by atoms with E-state index in [-0.39, 0.29) is 11.7 Å². The molecule has 0 atom stereocenters. The van der Waals surface area contributed by atoms with Gasteiger partial charge < -0.3 is 15.5 Å². The zero-order chi connectivity index (χ0) is 18.8. The highest BCUT2D eigenvalue weighted by Gasteiger charge is 2.27. The van der Waals surface area contributed by atoms with Gasteiger partial charge in [0.2, 0.25) is 0 Å². The first-order valence-electron chi connectivity index (χ1n) is 8.59. The van der Waals surface area contributed by atoms with E-state index in [0.717, 1.165) is 17.1 Å². The minimum absolute atomic E-state index is 0.126. The average molecular weight is 383 g/mol. The van der Waals surface area contributed by atoms with Crippen LogP contribution in [0.1, 0.15) is 9.67 Å². The van der Waals surface area contributed by atoms with Crippen LogP contribution in [0.2, 0.25) is 0 Å². The van der Waals surface area contributed by atoms with Gasteiger partial charge >= 0.3 is 0 Å². The van der Waals surface area contributed by atoms with Crippen LogP contribution in [0.3, 0.4) is 0 Å². The van der Waals surface area contributed by atoms with Crippen LogP contribution in [-0.2, 0) is 0 Å². The van der Waals surface area contributed by atoms with Gasteiger partial charge in [-0.05, 0) is 35.8 Å². The summed E-state index contributed by atoms with van der Waals surface area (Å²) in [7, 11) is 0. The Hall–Kier alpha value is -3.00. The highest BCUT2D eigenvalue weighted by Crippen LogP contribution is 2.31. The van der Waals surface area contributed by atoms with Crippen molar-refractivity contribution in [2.45, 2.75) is 0 Å². The highest BCUT2D eigenvalue weighted by molar-refractivity contribution is 7.09. The number of rotatable bonds is 3. The van der Waals surface area contributed by atoms with Crippen molar-refractivity contribution in [2.75, 3.05) is 36.8 Å². The Morgan fingerprint density at radius 3 is 2.48 bits per heavy atom. The van der Waals surface area contributed by atoms with Gasteiger partial charge in [-0.3, -0.25) is 9.78 Å². The summed E-state index contributed by atoms with van der Waals surface area (Å²) in [5, 5.41) is 0. The Bertz CT molecular complexity index is 954. The van der Waals surface area contributed by atoms with Crippen LogP contribution in [0.25, 0.3) is 11.3 Å². The summed E-state index contributed by atoms with van der Waals surface area (Å²) in [6.07, 6.45) is 3.33. The van der Waals surface area contributed by atoms with E-state index in [1.807, 2.05) is 23.1 Å². The van der Waals surface area contributed by atoms with Crippen molar-refractivity contribution in [1.82, 2.24) is 14.3 Å². The van der Waals surface area contributed by atoms with Gasteiger partial charge in [0.25, 0.3) is 5.91 Å². The molecule has 138 valence electrons. The summed E-state index contributed by atoms with van der Waals surface area (Å²) in [4.78, 5) is 21.0. The second-order valence-corrected chi connectivity index (χ2v) is 7.01. The second-order valence-electron chi connectivity index (χ2n) is 6.24. The molecule has 3 heterocycles. The number of piperazine rings is 1. The van der Waals surface area contributed by atoms with Gasteiger partial charge in [-0.2, -0.15) is 4.37 Å². The summed E-state index contributed by atoms with van der Waals surface area (Å²) in [5.41, 5.74) is 8.61. The van der Waals surface area contributed by atoms with E-state index in [0.29, 0.717) is 48.1 Å². The van der Waals surface area contributed by atoms with E-state index in [1.165, 1.54) is 6.07 Å². The molecule has 0 aliphatic carbocycles. The first kappa shape index (κ1) is 17.4. The molecule has 1 amide bonds. The van der Waals surface area contributed by atoms with E-state index >= 15 is 0 Å². The third-order valence-electron chi connectivity index (χ3n) is 4.64. The lowest BCUT2D eigenvalue weighted by atomic mass is 10.1. The highest BCUT2D eigenvalue weighted by atomic mass is 32.1. The fraction of sp³-hybridized carbons (Fsp3) is 0.211. The Balaban J connectivity index is 1.47. The van der Waals surface area contributed by atoms with Gasteiger partial charge in [0.05, 0.1) is 11.4 Å². The van der Waals surface area contributed by atoms with Crippen molar-refractivity contribution in [3.63, 3.8) is 0 Å². The topological polar surface area (TPSA) is 75.3 Å². The molecule has 1 saturated heterocycles. The van der Waals surface area contributed by atoms with Crippen molar-refractivity contribution in [3.05, 3.63) is 59.5 Å². The maximum Gasteiger partial charge on any atom is 0.267 e. The molecule has 0 radical (unpaired) electrons. The number of carbonyl (C=O) groups is 1. The standard InChI is InChI=1S/C19H18FN5OS/c20-14-3-1-2-4-15(14)24-9-11-25(12-10-24)19(26)18-16(21)17(23-27-18)13-5-7-22-8-6-13/h1-8H,9-12,21H2. The number of nitrogen functional groups attached to an aromatic ring is 1. The van der Waals surface area contributed by atoms with Gasteiger partial charge in [0, 0.05) is 44.1 Å². The van der Waals surface area contributed by atoms with E-state index < -0.39 is 0 Å². The van der Waals surface area contributed by atoms with Crippen LogP contribution in [0.15, 0.2) is 48.8 Å². The average Bonchev–Trinajstić information content (AvgIpc) is 3.10. The van der Waals surface area contributed by atoms with Crippen molar-refractivity contribution in [1.29, 1.82) is 0 Å². The molecule has 0 saturated carbocycles. The van der Waals surface area contributed by atoms with Crippen molar-refractivity contribution in [3.8, 4) is 11.3 Å². The molecule has 0 unspecified atom stereocenters. The number of hydrogen-bond donors (Lipinski definition) is 1. The number of pyridine rings is 1. The van der Waals surface area contributed by atoms with Crippen LogP contribution >= 0.6 is 11.5 Å². The number of anilines is 2. The summed E-state index contributed by atoms with van der Waals surface area (Å²) in [6, 6.07) is 10.3. The molecule has 8 heteroatoms. The molecule has 2 N–H and O–H groups in total. The van der Waals surface area contributed by atoms with Gasteiger partial charge in [-0.1, -0.05) is 12.1 Å². The monoisotopic (exact) mass is 383 g/mol. The lowest BCUT2D eigenvalue weighted by Gasteiger charge is -2.36. The van der Waals surface area contributed by atoms with Crippen molar-refractivity contribution < 1.29 is 9.18 Å². The predicted molar refractivity (Wildman–Crippen MR) is 104 cm³/mol. The minimum Gasteiger partial charge on any atom is -0.396 e. The molecule has 0 spiro atoms. The molecule has 27 heavy (non-hydrogen) atoms. The molecular weight excluding hydrogens is 365 g/mol. The van der Waals surface area contributed by atoms with Gasteiger partial charge in [-0.15, -0.1) is 0 Å². The second kappa shape index (κ2) is 7.32. The number of aromatic nitrogens is 2. The molecule has 1 aliphatic heterocycles. The minimum atomic E-state index is -0.244. The zero-order valence-corrected chi connectivity index (χ0v) is 15.3. The smallest absolute Gasteiger partial charge is 0.267 e. The molecule has 2 aromatic heterocycles. The molecular formula is C19H18FN5OS. The number of benzene rings is 1. The third-order valence-corrected chi connectivity index (χ3v) is 5.49. The number of halogens is 1. The van der Waals surface area contributed by atoms with Crippen LogP contribution in [0.5, 0.6) is 0 Å². The normalized spacial score (nSPS) is 14.4. The number of nitrogens with zero attached hydrogens (tertiary/aromatic N) is 4. The Morgan fingerprint density at radius 2 is 1.78 bits per heavy atom. The lowest BCUT2D eigenvalue weighted by Crippen LogP contribution is -2.49. The number of hydrogen-bond acceptors (Lipinski definition) is 6. The summed E-state index contributed by atoms with van der Waals surface area (Å²) in [5.74, 6) is -0.371. The van der Waals surface area contributed by atoms with E-state index in [4.69, 9.17) is 5.73 Å². The largest absolute Gasteiger partial charge is 0.396 e. The Labute approximate surface area is 160 Å². The number of nitrogens with two attached hydrogens (primary N) is 1. The Kier molecular flexibility index (Phi) is 4.72. The van der Waals surface area contributed by atoms with Crippen LogP contribution in [0.4, 0.5) is 15.8 Å². The molecule has 1 aliphatic rings. The zero-order valence-electron chi connectivity index (χ0n) is 14.5. The van der Waals surface area contributed by atoms with Crippen molar-refractivity contribution >= 4 is 28.8 Å². The predicted octanol–water partition coefficient (Wildman–Crippen LogP) is 2.89. The quantitative estimate of drug-likeness (QED) is 0.753. The molecule has 4 rings (SSSR count). The Morgan fingerprint density at radius 1 is 1.07 bits per heavy atom. The summed E-state index contributed by atoms with van der Waals surface area (Å²) < 4.78 is 18.3. The maximum atomic E-state index is 14.0. The molecule has 6 nitrogen and oxygen atoms in total. The molecule has 0 bridgehead atoms. The van der Waals surface area contributed by atoms with Crippen molar-refractivity contribution in [2.24, 2.45) is 0 Å². The van der Waals surface area contributed by atoms with Gasteiger partial charge in [-0.25, -0.2) is 4.39 Å². The van der Waals surface area contributed by atoms with Crippen LogP contribution in [0, 0.1) is 5.82 Å².